The van der Waals surface area contributed by atoms with E-state index in [1.807, 2.05) is 0 Å². The van der Waals surface area contributed by atoms with Gasteiger partial charge in [-0.3, -0.25) is 0 Å². The summed E-state index contributed by atoms with van der Waals surface area (Å²) in [5.41, 5.74) is 0. The Morgan fingerprint density at radius 2 is 2.06 bits per heavy atom. The summed E-state index contributed by atoms with van der Waals surface area (Å²) in [5, 5.41) is 8.73. The second-order valence-electron chi connectivity index (χ2n) is 3.71. The molecule has 2 N–H and O–H groups in total. The smallest absolute Gasteiger partial charge is 0.243 e. The number of rotatable bonds is 5. The van der Waals surface area contributed by atoms with Crippen LogP contribution in [0, 0.1) is 17.6 Å². The zero-order chi connectivity index (χ0) is 13.1. The van der Waals surface area contributed by atoms with E-state index >= 15 is 0 Å². The van der Waals surface area contributed by atoms with E-state index in [4.69, 9.17) is 5.11 Å². The van der Waals surface area contributed by atoms with Crippen LogP contribution in [0.25, 0.3) is 0 Å². The summed E-state index contributed by atoms with van der Waals surface area (Å²) >= 11 is 0. The minimum atomic E-state index is -4.02. The van der Waals surface area contributed by atoms with Gasteiger partial charge in [-0.15, -0.1) is 0 Å². The zero-order valence-corrected chi connectivity index (χ0v) is 9.97. The molecule has 0 aliphatic rings. The van der Waals surface area contributed by atoms with Gasteiger partial charge in [0.2, 0.25) is 10.0 Å². The van der Waals surface area contributed by atoms with Crippen LogP contribution in [0.5, 0.6) is 0 Å². The van der Waals surface area contributed by atoms with E-state index in [-0.39, 0.29) is 19.1 Å². The summed E-state index contributed by atoms with van der Waals surface area (Å²) in [5.74, 6) is -2.27. The molecule has 0 bridgehead atoms. The van der Waals surface area contributed by atoms with Crippen molar-refractivity contribution >= 4 is 10.0 Å². The molecule has 0 radical (unpaired) electrons. The first-order chi connectivity index (χ1) is 7.86. The third-order valence-electron chi connectivity index (χ3n) is 2.12. The molecule has 0 amide bonds. The lowest BCUT2D eigenvalue weighted by Crippen LogP contribution is -2.30. The van der Waals surface area contributed by atoms with Gasteiger partial charge in [0.05, 0.1) is 0 Å². The van der Waals surface area contributed by atoms with E-state index < -0.39 is 26.6 Å². The Labute approximate surface area is 98.3 Å². The van der Waals surface area contributed by atoms with Crippen molar-refractivity contribution in [3.05, 3.63) is 29.8 Å². The van der Waals surface area contributed by atoms with Gasteiger partial charge in [0.1, 0.15) is 16.5 Å². The number of aliphatic hydroxyl groups excluding tert-OH is 1. The molecule has 1 aromatic carbocycles. The lowest BCUT2D eigenvalue weighted by atomic mass is 10.2. The summed E-state index contributed by atoms with van der Waals surface area (Å²) in [6, 6.07) is 2.23. The molecule has 96 valence electrons. The lowest BCUT2D eigenvalue weighted by Gasteiger charge is -2.10. The Balaban J connectivity index is 2.90. The minimum absolute atomic E-state index is 0.0182. The van der Waals surface area contributed by atoms with Crippen molar-refractivity contribution in [3.8, 4) is 0 Å². The van der Waals surface area contributed by atoms with E-state index in [1.54, 1.807) is 6.92 Å². The molecule has 0 aliphatic carbocycles. The molecule has 0 saturated carbocycles. The quantitative estimate of drug-likeness (QED) is 0.830. The van der Waals surface area contributed by atoms with Gasteiger partial charge < -0.3 is 5.11 Å². The van der Waals surface area contributed by atoms with Gasteiger partial charge in [-0.2, -0.15) is 0 Å². The first kappa shape index (κ1) is 14.0. The summed E-state index contributed by atoms with van der Waals surface area (Å²) in [4.78, 5) is -0.607. The van der Waals surface area contributed by atoms with Crippen LogP contribution in [0.1, 0.15) is 6.92 Å². The van der Waals surface area contributed by atoms with Gasteiger partial charge in [0.15, 0.2) is 0 Å². The molecule has 0 aromatic heterocycles. The molecule has 4 nitrogen and oxygen atoms in total. The molecule has 0 saturated heterocycles. The molecule has 0 fully saturated rings. The first-order valence-electron chi connectivity index (χ1n) is 4.92. The molecule has 1 aromatic rings. The van der Waals surface area contributed by atoms with Gasteiger partial charge >= 0.3 is 0 Å². The molecule has 17 heavy (non-hydrogen) atoms. The molecule has 0 heterocycles. The van der Waals surface area contributed by atoms with Crippen LogP contribution < -0.4 is 4.72 Å². The number of halogens is 2. The highest BCUT2D eigenvalue weighted by Gasteiger charge is 2.19. The molecule has 1 unspecified atom stereocenters. The van der Waals surface area contributed by atoms with Gasteiger partial charge in [0, 0.05) is 19.2 Å². The summed E-state index contributed by atoms with van der Waals surface area (Å²) in [6.07, 6.45) is 0. The number of sulfonamides is 1. The Bertz CT molecular complexity index is 490. The third kappa shape index (κ3) is 3.72. The highest BCUT2D eigenvalue weighted by atomic mass is 32.2. The Morgan fingerprint density at radius 1 is 1.41 bits per heavy atom. The highest BCUT2D eigenvalue weighted by molar-refractivity contribution is 7.89. The number of aliphatic hydroxyl groups is 1. The summed E-state index contributed by atoms with van der Waals surface area (Å²) in [7, 11) is -4.02. The molecule has 1 atom stereocenters. The predicted octanol–water partition coefficient (Wildman–Crippen LogP) is 0.872. The first-order valence-corrected chi connectivity index (χ1v) is 6.40. The van der Waals surface area contributed by atoms with E-state index in [0.717, 1.165) is 12.1 Å². The Morgan fingerprint density at radius 3 is 2.59 bits per heavy atom. The maximum Gasteiger partial charge on any atom is 0.243 e. The fraction of sp³-hybridized carbons (Fsp3) is 0.400. The summed E-state index contributed by atoms with van der Waals surface area (Å²) < 4.78 is 51.3. The van der Waals surface area contributed by atoms with Crippen molar-refractivity contribution in [2.24, 2.45) is 5.92 Å². The van der Waals surface area contributed by atoms with Crippen molar-refractivity contribution in [1.29, 1.82) is 0 Å². The SMILES string of the molecule is CC(CO)CNS(=O)(=O)c1ccc(F)cc1F. The average molecular weight is 265 g/mol. The number of benzene rings is 1. The standard InChI is InChI=1S/C10H13F2NO3S/c1-7(6-14)5-13-17(15,16)10-3-2-8(11)4-9(10)12/h2-4,7,13-14H,5-6H2,1H3. The van der Waals surface area contributed by atoms with Crippen LogP contribution in [0.4, 0.5) is 8.78 Å². The molecule has 1 rings (SSSR count). The van der Waals surface area contributed by atoms with Crippen LogP contribution in [0.15, 0.2) is 23.1 Å². The number of hydrogen-bond acceptors (Lipinski definition) is 3. The Kier molecular flexibility index (Phi) is 4.55. The molecule has 0 spiro atoms. The largest absolute Gasteiger partial charge is 0.396 e. The van der Waals surface area contributed by atoms with E-state index in [9.17, 15) is 17.2 Å². The van der Waals surface area contributed by atoms with Crippen molar-refractivity contribution in [3.63, 3.8) is 0 Å². The summed E-state index contributed by atoms with van der Waals surface area (Å²) in [6.45, 7) is 1.42. The zero-order valence-electron chi connectivity index (χ0n) is 9.15. The maximum atomic E-state index is 13.2. The van der Waals surface area contributed by atoms with Crippen LogP contribution in [-0.4, -0.2) is 26.7 Å². The van der Waals surface area contributed by atoms with Crippen LogP contribution in [0.2, 0.25) is 0 Å². The average Bonchev–Trinajstić information content (AvgIpc) is 2.25. The topological polar surface area (TPSA) is 66.4 Å². The molecular weight excluding hydrogens is 252 g/mol. The number of nitrogens with one attached hydrogen (secondary N) is 1. The second kappa shape index (κ2) is 5.52. The lowest BCUT2D eigenvalue weighted by molar-refractivity contribution is 0.238. The van der Waals surface area contributed by atoms with Gasteiger partial charge in [0.25, 0.3) is 0 Å². The maximum absolute atomic E-state index is 13.2. The predicted molar refractivity (Wildman–Crippen MR) is 57.8 cm³/mol. The highest BCUT2D eigenvalue weighted by Crippen LogP contribution is 2.15. The van der Waals surface area contributed by atoms with Crippen molar-refractivity contribution < 1.29 is 22.3 Å². The second-order valence-corrected chi connectivity index (χ2v) is 5.45. The van der Waals surface area contributed by atoms with Gasteiger partial charge in [-0.05, 0) is 18.1 Å². The van der Waals surface area contributed by atoms with Crippen molar-refractivity contribution in [2.45, 2.75) is 11.8 Å². The molecule has 0 aliphatic heterocycles. The van der Waals surface area contributed by atoms with E-state index in [0.29, 0.717) is 6.07 Å². The fourth-order valence-corrected chi connectivity index (χ4v) is 2.31. The van der Waals surface area contributed by atoms with Crippen LogP contribution >= 0.6 is 0 Å². The normalized spacial score (nSPS) is 13.6. The monoisotopic (exact) mass is 265 g/mol. The third-order valence-corrected chi connectivity index (χ3v) is 3.57. The Hall–Kier alpha value is -1.05. The van der Waals surface area contributed by atoms with E-state index in [2.05, 4.69) is 4.72 Å². The molecular formula is C10H13F2NO3S. The number of hydrogen-bond donors (Lipinski definition) is 2. The van der Waals surface area contributed by atoms with Crippen molar-refractivity contribution in [1.82, 2.24) is 4.72 Å². The van der Waals surface area contributed by atoms with Crippen molar-refractivity contribution in [2.75, 3.05) is 13.2 Å². The van der Waals surface area contributed by atoms with Gasteiger partial charge in [-0.25, -0.2) is 21.9 Å². The van der Waals surface area contributed by atoms with Crippen LogP contribution in [-0.2, 0) is 10.0 Å². The van der Waals surface area contributed by atoms with E-state index in [1.165, 1.54) is 0 Å². The minimum Gasteiger partial charge on any atom is -0.396 e. The van der Waals surface area contributed by atoms with Gasteiger partial charge in [-0.1, -0.05) is 6.92 Å². The molecule has 7 heteroatoms. The van der Waals surface area contributed by atoms with Crippen LogP contribution in [0.3, 0.4) is 0 Å². The fourth-order valence-electron chi connectivity index (χ4n) is 1.09.